The number of hydrogen-bond donors (Lipinski definition) is 3. The molecule has 6 nitrogen and oxygen atoms in total. The van der Waals surface area contributed by atoms with E-state index >= 15 is 0 Å². The van der Waals surface area contributed by atoms with Crippen molar-refractivity contribution in [2.45, 2.75) is 26.7 Å². The zero-order valence-corrected chi connectivity index (χ0v) is 14.6. The summed E-state index contributed by atoms with van der Waals surface area (Å²) in [7, 11) is 0. The molecule has 132 valence electrons. The average Bonchev–Trinajstić information content (AvgIpc) is 2.60. The van der Waals surface area contributed by atoms with Crippen molar-refractivity contribution in [1.29, 1.82) is 0 Å². The Morgan fingerprint density at radius 3 is 2.32 bits per heavy atom. The Balaban J connectivity index is 1.73. The van der Waals surface area contributed by atoms with Crippen LogP contribution in [0.25, 0.3) is 0 Å². The van der Waals surface area contributed by atoms with Crippen LogP contribution in [0.5, 0.6) is 5.75 Å². The highest BCUT2D eigenvalue weighted by Crippen LogP contribution is 2.18. The molecule has 0 spiro atoms. The fourth-order valence-corrected chi connectivity index (χ4v) is 2.13. The molecule has 0 fully saturated rings. The summed E-state index contributed by atoms with van der Waals surface area (Å²) in [4.78, 5) is 23.5. The molecule has 3 amide bonds. The van der Waals surface area contributed by atoms with Gasteiger partial charge >= 0.3 is 6.03 Å². The van der Waals surface area contributed by atoms with Crippen molar-refractivity contribution in [3.05, 3.63) is 59.7 Å². The molecular weight excluding hydrogens is 318 g/mol. The van der Waals surface area contributed by atoms with Gasteiger partial charge in [0.2, 0.25) is 0 Å². The van der Waals surface area contributed by atoms with Gasteiger partial charge in [0.05, 0.1) is 0 Å². The van der Waals surface area contributed by atoms with Crippen LogP contribution >= 0.6 is 0 Å². The van der Waals surface area contributed by atoms with Crippen LogP contribution in [0.3, 0.4) is 0 Å². The number of carbonyl (C=O) groups is 2. The molecule has 0 radical (unpaired) electrons. The summed E-state index contributed by atoms with van der Waals surface area (Å²) in [5.74, 6) is 0.588. The summed E-state index contributed by atoms with van der Waals surface area (Å²) in [5.41, 5.74) is 7.39. The van der Waals surface area contributed by atoms with Crippen molar-refractivity contribution in [2.24, 2.45) is 0 Å². The van der Waals surface area contributed by atoms with E-state index in [4.69, 9.17) is 4.74 Å². The van der Waals surface area contributed by atoms with Crippen molar-refractivity contribution in [3.63, 3.8) is 0 Å². The Morgan fingerprint density at radius 1 is 1.00 bits per heavy atom. The number of aryl methyl sites for hydroxylation is 1. The molecule has 0 unspecified atom stereocenters. The van der Waals surface area contributed by atoms with Gasteiger partial charge in [-0.2, -0.15) is 0 Å². The SMILES string of the molecule is Cc1ccccc1NC(=O)NNC(=O)COc1ccc(C(C)C)cc1. The summed E-state index contributed by atoms with van der Waals surface area (Å²) < 4.78 is 5.39. The first kappa shape index (κ1) is 18.3. The summed E-state index contributed by atoms with van der Waals surface area (Å²) in [5, 5.41) is 2.65. The summed E-state index contributed by atoms with van der Waals surface area (Å²) >= 11 is 0. The smallest absolute Gasteiger partial charge is 0.337 e. The maximum absolute atomic E-state index is 11.8. The van der Waals surface area contributed by atoms with Gasteiger partial charge in [0.25, 0.3) is 5.91 Å². The molecule has 2 aromatic carbocycles. The number of benzene rings is 2. The first-order valence-electron chi connectivity index (χ1n) is 8.10. The number of ether oxygens (including phenoxy) is 1. The summed E-state index contributed by atoms with van der Waals surface area (Å²) in [6.07, 6.45) is 0. The molecule has 0 saturated carbocycles. The second kappa shape index (κ2) is 8.73. The number of nitrogens with one attached hydrogen (secondary N) is 3. The van der Waals surface area contributed by atoms with E-state index in [1.165, 1.54) is 5.56 Å². The third kappa shape index (κ3) is 5.84. The van der Waals surface area contributed by atoms with Crippen LogP contribution in [-0.2, 0) is 4.79 Å². The lowest BCUT2D eigenvalue weighted by molar-refractivity contribution is -0.123. The molecular formula is C19H23N3O3. The van der Waals surface area contributed by atoms with Crippen LogP contribution in [0, 0.1) is 6.92 Å². The maximum Gasteiger partial charge on any atom is 0.337 e. The highest BCUT2D eigenvalue weighted by atomic mass is 16.5. The topological polar surface area (TPSA) is 79.5 Å². The number of hydrazine groups is 1. The molecule has 25 heavy (non-hydrogen) atoms. The molecule has 0 atom stereocenters. The van der Waals surface area contributed by atoms with E-state index in [1.807, 2.05) is 49.4 Å². The van der Waals surface area contributed by atoms with E-state index < -0.39 is 11.9 Å². The van der Waals surface area contributed by atoms with Crippen LogP contribution in [0.2, 0.25) is 0 Å². The Morgan fingerprint density at radius 2 is 1.68 bits per heavy atom. The molecule has 6 heteroatoms. The number of anilines is 1. The average molecular weight is 341 g/mol. The van der Waals surface area contributed by atoms with E-state index in [-0.39, 0.29) is 6.61 Å². The van der Waals surface area contributed by atoms with E-state index in [1.54, 1.807) is 6.07 Å². The van der Waals surface area contributed by atoms with Crippen LogP contribution in [0.15, 0.2) is 48.5 Å². The fourth-order valence-electron chi connectivity index (χ4n) is 2.13. The molecule has 0 aliphatic rings. The third-order valence-corrected chi connectivity index (χ3v) is 3.63. The number of carbonyl (C=O) groups excluding carboxylic acids is 2. The van der Waals surface area contributed by atoms with Gasteiger partial charge in [-0.3, -0.25) is 10.2 Å². The minimum absolute atomic E-state index is 0.189. The van der Waals surface area contributed by atoms with Gasteiger partial charge in [0, 0.05) is 5.69 Å². The zero-order chi connectivity index (χ0) is 18.2. The number of urea groups is 1. The first-order chi connectivity index (χ1) is 12.0. The van der Waals surface area contributed by atoms with Crippen molar-refractivity contribution in [1.82, 2.24) is 10.9 Å². The molecule has 0 heterocycles. The van der Waals surface area contributed by atoms with Crippen LogP contribution < -0.4 is 20.9 Å². The Bertz CT molecular complexity index is 727. The van der Waals surface area contributed by atoms with Crippen molar-refractivity contribution >= 4 is 17.6 Å². The minimum atomic E-state index is -0.524. The number of hydrogen-bond acceptors (Lipinski definition) is 3. The van der Waals surface area contributed by atoms with Gasteiger partial charge in [0.1, 0.15) is 5.75 Å². The van der Waals surface area contributed by atoms with Gasteiger partial charge in [0.15, 0.2) is 6.61 Å². The predicted octanol–water partition coefficient (Wildman–Crippen LogP) is 3.35. The van der Waals surface area contributed by atoms with Crippen molar-refractivity contribution in [2.75, 3.05) is 11.9 Å². The largest absolute Gasteiger partial charge is 0.484 e. The van der Waals surface area contributed by atoms with E-state index in [9.17, 15) is 9.59 Å². The second-order valence-electron chi connectivity index (χ2n) is 5.95. The normalized spacial score (nSPS) is 10.2. The molecule has 0 aliphatic heterocycles. The van der Waals surface area contributed by atoms with Crippen LogP contribution in [0.4, 0.5) is 10.5 Å². The lowest BCUT2D eigenvalue weighted by atomic mass is 10.0. The summed E-state index contributed by atoms with van der Waals surface area (Å²) in [6, 6.07) is 14.4. The first-order valence-corrected chi connectivity index (χ1v) is 8.10. The number of amides is 3. The molecule has 0 saturated heterocycles. The molecule has 2 rings (SSSR count). The highest BCUT2D eigenvalue weighted by molar-refractivity contribution is 5.91. The monoisotopic (exact) mass is 341 g/mol. The third-order valence-electron chi connectivity index (χ3n) is 3.63. The number of para-hydroxylation sites is 1. The summed E-state index contributed by atoms with van der Waals surface area (Å²) in [6.45, 7) is 5.91. The molecule has 0 aliphatic carbocycles. The van der Waals surface area contributed by atoms with Gasteiger partial charge in [-0.25, -0.2) is 10.2 Å². The Labute approximate surface area is 147 Å². The molecule has 3 N–H and O–H groups in total. The Kier molecular flexibility index (Phi) is 6.39. The van der Waals surface area contributed by atoms with Crippen molar-refractivity contribution < 1.29 is 14.3 Å². The standard InChI is InChI=1S/C19H23N3O3/c1-13(2)15-8-10-16(11-9-15)25-12-18(23)21-22-19(24)20-17-7-5-4-6-14(17)3/h4-11,13H,12H2,1-3H3,(H,21,23)(H2,20,22,24). The highest BCUT2D eigenvalue weighted by Gasteiger charge is 2.07. The molecule has 0 bridgehead atoms. The fraction of sp³-hybridized carbons (Fsp3) is 0.263. The molecule has 2 aromatic rings. The lowest BCUT2D eigenvalue weighted by Crippen LogP contribution is -2.45. The van der Waals surface area contributed by atoms with E-state index in [0.717, 1.165) is 5.56 Å². The maximum atomic E-state index is 11.8. The molecule has 0 aromatic heterocycles. The predicted molar refractivity (Wildman–Crippen MR) is 97.5 cm³/mol. The van der Waals surface area contributed by atoms with Crippen LogP contribution in [-0.4, -0.2) is 18.5 Å². The van der Waals surface area contributed by atoms with E-state index in [0.29, 0.717) is 17.4 Å². The second-order valence-corrected chi connectivity index (χ2v) is 5.95. The Hall–Kier alpha value is -3.02. The van der Waals surface area contributed by atoms with Gasteiger partial charge in [-0.1, -0.05) is 44.2 Å². The van der Waals surface area contributed by atoms with Crippen molar-refractivity contribution in [3.8, 4) is 5.75 Å². The van der Waals surface area contributed by atoms with Gasteiger partial charge < -0.3 is 10.1 Å². The van der Waals surface area contributed by atoms with Crippen LogP contribution in [0.1, 0.15) is 30.9 Å². The van der Waals surface area contributed by atoms with E-state index in [2.05, 4.69) is 30.0 Å². The lowest BCUT2D eigenvalue weighted by Gasteiger charge is -2.11. The van der Waals surface area contributed by atoms with Gasteiger partial charge in [-0.15, -0.1) is 0 Å². The quantitative estimate of drug-likeness (QED) is 0.730. The number of rotatable bonds is 5. The minimum Gasteiger partial charge on any atom is -0.484 e. The van der Waals surface area contributed by atoms with Gasteiger partial charge in [-0.05, 0) is 42.2 Å². The zero-order valence-electron chi connectivity index (χ0n) is 14.6.